The summed E-state index contributed by atoms with van der Waals surface area (Å²) in [5.41, 5.74) is 0.356. The fraction of sp³-hybridized carbons (Fsp3) is 0.167. The van der Waals surface area contributed by atoms with Gasteiger partial charge in [0.2, 0.25) is 5.78 Å². The number of hydrogen-bond donors (Lipinski definition) is 0. The van der Waals surface area contributed by atoms with Crippen molar-refractivity contribution in [1.29, 1.82) is 0 Å². The molecule has 0 saturated heterocycles. The predicted octanol–water partition coefficient (Wildman–Crippen LogP) is 2.26. The molecule has 0 saturated carbocycles. The molecule has 2 aromatic carbocycles. The quantitative estimate of drug-likeness (QED) is 0.504. The van der Waals surface area contributed by atoms with E-state index in [1.807, 2.05) is 0 Å². The van der Waals surface area contributed by atoms with Crippen molar-refractivity contribution in [2.45, 2.75) is 19.6 Å². The van der Waals surface area contributed by atoms with Gasteiger partial charge in [-0.2, -0.15) is 4.68 Å². The molecule has 1 unspecified atom stereocenters. The Bertz CT molecular complexity index is 1030. The van der Waals surface area contributed by atoms with Crippen molar-refractivity contribution in [3.8, 4) is 0 Å². The first-order valence-electron chi connectivity index (χ1n) is 7.77. The first-order chi connectivity index (χ1) is 12.5. The second kappa shape index (κ2) is 7.45. The lowest BCUT2D eigenvalue weighted by molar-refractivity contribution is -0.147. The highest BCUT2D eigenvalue weighted by Gasteiger charge is 2.20. The van der Waals surface area contributed by atoms with E-state index in [-0.39, 0.29) is 5.78 Å². The molecule has 0 bridgehead atoms. The molecule has 3 rings (SSSR count). The molecule has 1 heterocycles. The van der Waals surface area contributed by atoms with Crippen molar-refractivity contribution in [3.63, 3.8) is 0 Å². The summed E-state index contributed by atoms with van der Waals surface area (Å²) in [5.74, 6) is -1.13. The molecule has 0 amide bonds. The molecule has 7 nitrogen and oxygen atoms in total. The van der Waals surface area contributed by atoms with Crippen LogP contribution in [-0.4, -0.2) is 32.9 Å². The average Bonchev–Trinajstić information content (AvgIpc) is 2.64. The minimum Gasteiger partial charge on any atom is -0.453 e. The summed E-state index contributed by atoms with van der Waals surface area (Å²) in [7, 11) is 0. The number of ketones is 1. The number of rotatable bonds is 5. The highest BCUT2D eigenvalue weighted by atomic mass is 35.5. The maximum atomic E-state index is 12.3. The van der Waals surface area contributed by atoms with Crippen molar-refractivity contribution < 1.29 is 14.3 Å². The Hall–Kier alpha value is -3.06. The normalized spacial score (nSPS) is 11.9. The highest BCUT2D eigenvalue weighted by Crippen LogP contribution is 2.12. The molecule has 26 heavy (non-hydrogen) atoms. The Morgan fingerprint density at radius 3 is 2.58 bits per heavy atom. The van der Waals surface area contributed by atoms with Crippen LogP contribution in [0, 0.1) is 0 Å². The summed E-state index contributed by atoms with van der Waals surface area (Å²) < 4.78 is 6.03. The lowest BCUT2D eigenvalue weighted by atomic mass is 10.1. The van der Waals surface area contributed by atoms with Gasteiger partial charge in [0.05, 0.1) is 5.39 Å². The van der Waals surface area contributed by atoms with Gasteiger partial charge < -0.3 is 4.74 Å². The van der Waals surface area contributed by atoms with Gasteiger partial charge in [0.1, 0.15) is 12.1 Å². The molecule has 1 atom stereocenters. The van der Waals surface area contributed by atoms with Crippen LogP contribution < -0.4 is 5.56 Å². The maximum absolute atomic E-state index is 12.3. The molecule has 132 valence electrons. The number of fused-ring (bicyclic) bond motifs is 1. The molecule has 8 heteroatoms. The highest BCUT2D eigenvalue weighted by molar-refractivity contribution is 6.30. The van der Waals surface area contributed by atoms with Crippen LogP contribution >= 0.6 is 11.6 Å². The van der Waals surface area contributed by atoms with E-state index < -0.39 is 24.2 Å². The van der Waals surface area contributed by atoms with Crippen molar-refractivity contribution in [1.82, 2.24) is 15.0 Å². The fourth-order valence-electron chi connectivity index (χ4n) is 2.39. The largest absolute Gasteiger partial charge is 0.453 e. The van der Waals surface area contributed by atoms with Gasteiger partial charge in [0, 0.05) is 10.6 Å². The van der Waals surface area contributed by atoms with Crippen molar-refractivity contribution in [2.75, 3.05) is 0 Å². The monoisotopic (exact) mass is 371 g/mol. The van der Waals surface area contributed by atoms with Gasteiger partial charge in [-0.05, 0) is 43.3 Å². The third-order valence-electron chi connectivity index (χ3n) is 3.71. The summed E-state index contributed by atoms with van der Waals surface area (Å²) in [4.78, 5) is 36.7. The molecule has 0 radical (unpaired) electrons. The Morgan fingerprint density at radius 2 is 1.85 bits per heavy atom. The number of nitrogens with zero attached hydrogens (tertiary/aromatic N) is 3. The third kappa shape index (κ3) is 3.78. The van der Waals surface area contributed by atoms with Gasteiger partial charge in [-0.15, -0.1) is 5.10 Å². The molecule has 0 N–H and O–H groups in total. The number of esters is 1. The number of aromatic nitrogens is 3. The lowest BCUT2D eigenvalue weighted by Crippen LogP contribution is -2.32. The first-order valence-corrected chi connectivity index (χ1v) is 8.15. The van der Waals surface area contributed by atoms with Crippen molar-refractivity contribution in [2.24, 2.45) is 0 Å². The number of hydrogen-bond acceptors (Lipinski definition) is 6. The number of benzene rings is 2. The van der Waals surface area contributed by atoms with Crippen LogP contribution in [0.2, 0.25) is 5.02 Å². The molecule has 1 aromatic heterocycles. The van der Waals surface area contributed by atoms with E-state index in [4.69, 9.17) is 16.3 Å². The molecular formula is C18H14ClN3O4. The summed E-state index contributed by atoms with van der Waals surface area (Å²) >= 11 is 5.78. The number of Topliss-reactive ketones (excluding diaryl/α,β-unsaturated/α-hetero) is 1. The van der Waals surface area contributed by atoms with E-state index in [1.165, 1.54) is 6.92 Å². The topological polar surface area (TPSA) is 91.2 Å². The zero-order valence-electron chi connectivity index (χ0n) is 13.8. The zero-order valence-corrected chi connectivity index (χ0v) is 14.5. The van der Waals surface area contributed by atoms with Crippen molar-refractivity contribution in [3.05, 3.63) is 69.5 Å². The van der Waals surface area contributed by atoms with E-state index >= 15 is 0 Å². The molecule has 0 aliphatic carbocycles. The van der Waals surface area contributed by atoms with Gasteiger partial charge in [-0.1, -0.05) is 28.9 Å². The molecule has 3 aromatic rings. The second-order valence-electron chi connectivity index (χ2n) is 5.57. The Balaban J connectivity index is 1.70. The van der Waals surface area contributed by atoms with Gasteiger partial charge in [-0.3, -0.25) is 14.4 Å². The van der Waals surface area contributed by atoms with Crippen LogP contribution in [0.25, 0.3) is 10.9 Å². The summed E-state index contributed by atoms with van der Waals surface area (Å²) in [6, 6.07) is 12.9. The molecule has 0 spiro atoms. The predicted molar refractivity (Wildman–Crippen MR) is 95.1 cm³/mol. The molecular weight excluding hydrogens is 358 g/mol. The van der Waals surface area contributed by atoms with Crippen LogP contribution in [0.15, 0.2) is 53.3 Å². The lowest BCUT2D eigenvalue weighted by Gasteiger charge is -2.12. The number of ether oxygens (including phenoxy) is 1. The minimum absolute atomic E-state index is 0.348. The van der Waals surface area contributed by atoms with E-state index in [1.54, 1.807) is 48.5 Å². The fourth-order valence-corrected chi connectivity index (χ4v) is 2.51. The van der Waals surface area contributed by atoms with E-state index in [0.29, 0.717) is 21.5 Å². The van der Waals surface area contributed by atoms with Crippen LogP contribution in [0.4, 0.5) is 0 Å². The average molecular weight is 372 g/mol. The second-order valence-corrected chi connectivity index (χ2v) is 6.01. The van der Waals surface area contributed by atoms with Crippen LogP contribution in [0.3, 0.4) is 0 Å². The van der Waals surface area contributed by atoms with Crippen molar-refractivity contribution >= 4 is 34.3 Å². The Morgan fingerprint density at radius 1 is 1.15 bits per heavy atom. The summed E-state index contributed by atoms with van der Waals surface area (Å²) in [6.07, 6.45) is -1.01. The minimum atomic E-state index is -1.01. The van der Waals surface area contributed by atoms with E-state index in [0.717, 1.165) is 4.68 Å². The third-order valence-corrected chi connectivity index (χ3v) is 3.97. The first kappa shape index (κ1) is 17.8. The molecule has 0 aliphatic rings. The molecule has 0 fully saturated rings. The Kier molecular flexibility index (Phi) is 5.09. The maximum Gasteiger partial charge on any atom is 0.328 e. The van der Waals surface area contributed by atoms with E-state index in [9.17, 15) is 14.4 Å². The number of carbonyl (C=O) groups is 2. The van der Waals surface area contributed by atoms with E-state index in [2.05, 4.69) is 10.3 Å². The molecule has 0 aliphatic heterocycles. The zero-order chi connectivity index (χ0) is 18.7. The Labute approximate surface area is 153 Å². The van der Waals surface area contributed by atoms with Gasteiger partial charge in [0.15, 0.2) is 6.10 Å². The smallest absolute Gasteiger partial charge is 0.328 e. The van der Waals surface area contributed by atoms with Crippen LogP contribution in [-0.2, 0) is 16.1 Å². The summed E-state index contributed by atoms with van der Waals surface area (Å²) in [6.45, 7) is 1.03. The number of carbonyl (C=O) groups excluding carboxylic acids is 2. The van der Waals surface area contributed by atoms with Crippen LogP contribution in [0.5, 0.6) is 0 Å². The van der Waals surface area contributed by atoms with Crippen LogP contribution in [0.1, 0.15) is 17.3 Å². The van der Waals surface area contributed by atoms with Gasteiger partial charge >= 0.3 is 5.97 Å². The van der Waals surface area contributed by atoms with Gasteiger partial charge in [-0.25, -0.2) is 0 Å². The number of halogens is 1. The standard InChI is InChI=1S/C18H14ClN3O4/c1-11(17(24)12-6-8-13(19)9-7-12)26-16(23)10-22-18(25)14-4-2-3-5-15(14)20-21-22/h2-9,11H,10H2,1H3. The SMILES string of the molecule is CC(OC(=O)Cn1nnc2ccccc2c1=O)C(=O)c1ccc(Cl)cc1. The summed E-state index contributed by atoms with van der Waals surface area (Å²) in [5, 5.41) is 8.46. The van der Waals surface area contributed by atoms with Gasteiger partial charge in [0.25, 0.3) is 5.56 Å².